The van der Waals surface area contributed by atoms with Crippen LogP contribution in [0.4, 0.5) is 52.7 Å². The van der Waals surface area contributed by atoms with Gasteiger partial charge in [-0.2, -0.15) is 39.5 Å². The van der Waals surface area contributed by atoms with Crippen molar-refractivity contribution in [2.45, 2.75) is 112 Å². The molecule has 6 aromatic carbocycles. The molecule has 6 aromatic rings. The summed E-state index contributed by atoms with van der Waals surface area (Å²) in [7, 11) is 3.95. The van der Waals surface area contributed by atoms with Crippen molar-refractivity contribution in [3.8, 4) is 17.2 Å². The second kappa shape index (κ2) is 28.2. The first kappa shape index (κ1) is 63.7. The van der Waals surface area contributed by atoms with Crippen LogP contribution in [0.25, 0.3) is 0 Å². The van der Waals surface area contributed by atoms with E-state index in [0.29, 0.717) is 38.5 Å². The molecule has 0 saturated carbocycles. The van der Waals surface area contributed by atoms with Crippen LogP contribution >= 0.6 is 0 Å². The Labute approximate surface area is 474 Å². The third-order valence-corrected chi connectivity index (χ3v) is 14.0. The maximum atomic E-state index is 13.8. The monoisotopic (exact) mass is 1190 g/mol. The Morgan fingerprint density at radius 1 is 0.369 bits per heavy atom. The molecule has 0 aromatic heterocycles. The van der Waals surface area contributed by atoms with E-state index in [9.17, 15) is 67.1 Å². The van der Waals surface area contributed by atoms with Crippen LogP contribution in [0, 0.1) is 17.5 Å². The zero-order valence-corrected chi connectivity index (χ0v) is 45.0. The number of methoxy groups -OCH3 is 3. The van der Waals surface area contributed by atoms with Crippen LogP contribution < -0.4 is 30.2 Å². The molecule has 0 bridgehead atoms. The maximum absolute atomic E-state index is 13.8. The van der Waals surface area contributed by atoms with E-state index in [4.69, 9.17) is 28.4 Å². The summed E-state index contributed by atoms with van der Waals surface area (Å²) in [6.45, 7) is 0. The molecule has 3 aliphatic rings. The summed E-state index contributed by atoms with van der Waals surface area (Å²) in [5.74, 6) is -4.08. The number of alkyl halides is 9. The number of carbonyl (C=O) groups is 3. The van der Waals surface area contributed by atoms with Gasteiger partial charge in [0.15, 0.2) is 0 Å². The van der Waals surface area contributed by atoms with Gasteiger partial charge in [-0.15, -0.1) is 0 Å². The maximum Gasteiger partial charge on any atom is 0.429 e. The number of hydrogen-bond donors (Lipinski definition) is 3. The van der Waals surface area contributed by atoms with Crippen molar-refractivity contribution in [1.29, 1.82) is 0 Å². The topological polar surface area (TPSA) is 143 Å². The normalized spacial score (nSPS) is 20.6. The van der Waals surface area contributed by atoms with Crippen molar-refractivity contribution in [2.75, 3.05) is 21.3 Å². The van der Waals surface area contributed by atoms with Crippen LogP contribution in [0.15, 0.2) is 146 Å². The second-order valence-electron chi connectivity index (χ2n) is 19.5. The van der Waals surface area contributed by atoms with E-state index in [1.807, 2.05) is 0 Å². The van der Waals surface area contributed by atoms with E-state index in [-0.39, 0.29) is 53.3 Å². The number of nitrogens with one attached hydrogen (secondary N) is 3. The summed E-state index contributed by atoms with van der Waals surface area (Å²) in [5, 5.41) is 9.39. The number of benzene rings is 6. The van der Waals surface area contributed by atoms with Crippen molar-refractivity contribution in [1.82, 2.24) is 16.0 Å². The van der Waals surface area contributed by atoms with Gasteiger partial charge in [-0.1, -0.05) is 91.0 Å². The Balaban J connectivity index is 0.000000181. The predicted molar refractivity (Wildman–Crippen MR) is 280 cm³/mol. The van der Waals surface area contributed by atoms with Crippen LogP contribution in [0.5, 0.6) is 17.2 Å². The zero-order chi connectivity index (χ0) is 60.9. The van der Waals surface area contributed by atoms with Crippen molar-refractivity contribution >= 4 is 17.9 Å². The third-order valence-electron chi connectivity index (χ3n) is 14.0. The minimum Gasteiger partial charge on any atom is -0.476 e. The number of rotatable bonds is 15. The molecule has 3 unspecified atom stereocenters. The molecule has 3 saturated heterocycles. The molecule has 3 aliphatic heterocycles. The van der Waals surface area contributed by atoms with Gasteiger partial charge < -0.3 is 28.4 Å². The molecule has 3 fully saturated rings. The molecule has 0 radical (unpaired) electrons. The van der Waals surface area contributed by atoms with Crippen LogP contribution in [0.2, 0.25) is 0 Å². The Morgan fingerprint density at radius 3 is 0.798 bits per heavy atom. The first-order valence-corrected chi connectivity index (χ1v) is 26.1. The molecular formula is C60H57F12N3O9. The van der Waals surface area contributed by atoms with Crippen LogP contribution in [0.3, 0.4) is 0 Å². The van der Waals surface area contributed by atoms with Crippen molar-refractivity contribution in [3.05, 3.63) is 196 Å². The molecule has 0 amide bonds. The third kappa shape index (κ3) is 16.7. The van der Waals surface area contributed by atoms with Gasteiger partial charge in [-0.25, -0.2) is 13.2 Å². The zero-order valence-electron chi connectivity index (χ0n) is 45.0. The Bertz CT molecular complexity index is 2800. The lowest BCUT2D eigenvalue weighted by molar-refractivity contribution is -0.199. The van der Waals surface area contributed by atoms with Gasteiger partial charge in [0.1, 0.15) is 52.8 Å². The first-order chi connectivity index (χ1) is 39.9. The summed E-state index contributed by atoms with van der Waals surface area (Å²) in [6, 6.07) is 30.6. The van der Waals surface area contributed by atoms with Gasteiger partial charge in [-0.3, -0.25) is 30.3 Å². The largest absolute Gasteiger partial charge is 0.476 e. The van der Waals surface area contributed by atoms with E-state index in [1.54, 1.807) is 36.4 Å². The number of carbonyl (C=O) groups excluding carboxylic acids is 3. The molecule has 9 atom stereocenters. The molecular weight excluding hydrogens is 1130 g/mol. The highest BCUT2D eigenvalue weighted by molar-refractivity contribution is 5.77. The number of halogens is 12. The highest BCUT2D eigenvalue weighted by Gasteiger charge is 2.47. The van der Waals surface area contributed by atoms with Crippen molar-refractivity contribution < 1.29 is 95.5 Å². The fourth-order valence-electron chi connectivity index (χ4n) is 9.73. The average Bonchev–Trinajstić information content (AvgIpc) is 4.33. The second-order valence-corrected chi connectivity index (χ2v) is 19.5. The van der Waals surface area contributed by atoms with E-state index >= 15 is 0 Å². The van der Waals surface area contributed by atoms with Gasteiger partial charge in [0.05, 0.1) is 21.3 Å². The summed E-state index contributed by atoms with van der Waals surface area (Å²) >= 11 is 0. The molecule has 84 heavy (non-hydrogen) atoms. The highest BCUT2D eigenvalue weighted by Crippen LogP contribution is 2.42. The van der Waals surface area contributed by atoms with E-state index in [0.717, 1.165) is 53.1 Å². The van der Waals surface area contributed by atoms with E-state index < -0.39 is 89.1 Å². The first-order valence-electron chi connectivity index (χ1n) is 26.1. The smallest absolute Gasteiger partial charge is 0.429 e. The molecule has 0 aliphatic carbocycles. The molecule has 9 rings (SSSR count). The molecule has 0 spiro atoms. The van der Waals surface area contributed by atoms with Gasteiger partial charge in [0.25, 0.3) is 0 Å². The van der Waals surface area contributed by atoms with Gasteiger partial charge >= 0.3 is 36.4 Å². The number of ether oxygens (including phenoxy) is 6. The van der Waals surface area contributed by atoms with Crippen LogP contribution in [-0.4, -0.2) is 75.9 Å². The van der Waals surface area contributed by atoms with Crippen LogP contribution in [-0.2, 0) is 28.6 Å². The fourth-order valence-corrected chi connectivity index (χ4v) is 9.73. The summed E-state index contributed by atoms with van der Waals surface area (Å²) in [6.07, 6.45) is -17.6. The van der Waals surface area contributed by atoms with Gasteiger partial charge in [-0.05, 0) is 110 Å². The Hall–Kier alpha value is -7.83. The number of esters is 3. The average molecular weight is 1190 g/mol. The van der Waals surface area contributed by atoms with Crippen LogP contribution in [0.1, 0.15) is 108 Å². The predicted octanol–water partition coefficient (Wildman–Crippen LogP) is 13.4. The summed E-state index contributed by atoms with van der Waals surface area (Å²) < 4.78 is 192. The van der Waals surface area contributed by atoms with Crippen molar-refractivity contribution in [2.24, 2.45) is 0 Å². The highest BCUT2D eigenvalue weighted by atomic mass is 19.4. The molecule has 24 heteroatoms. The lowest BCUT2D eigenvalue weighted by atomic mass is 10.0. The SMILES string of the molecule is COC(=O)[C@@H]1CC[C@H](c2ccc(OC(c3ccccc3F)C(F)(F)F)cc2)N1.COC(=O)[C@@H]1CC[C@H](c2ccc(OC(c3ccccc3F)C(F)(F)F)cc2)N1.COC(=O)[C@@H]1CC[C@H](c2ccc(OC(c3ccccc3F)C(F)(F)F)cc2)N1. The van der Waals surface area contributed by atoms with E-state index in [2.05, 4.69) is 16.0 Å². The molecule has 450 valence electrons. The fraction of sp³-hybridized carbons (Fsp3) is 0.350. The summed E-state index contributed by atoms with van der Waals surface area (Å²) in [4.78, 5) is 34.7. The number of hydrogen-bond acceptors (Lipinski definition) is 12. The van der Waals surface area contributed by atoms with E-state index in [1.165, 1.54) is 94.1 Å². The quantitative estimate of drug-likeness (QED) is 0.0512. The minimum absolute atomic E-state index is 0.0307. The molecule has 12 nitrogen and oxygen atoms in total. The standard InChI is InChI=1S/3C20H19F4NO3/c3*1-27-19(26)17-11-10-16(25-17)12-6-8-13(9-7-12)28-18(20(22,23)24)14-4-2-3-5-15(14)21/h3*2-9,16-18,25H,10-11H2,1H3/t3*16-,17+,18?/m111/s1. The minimum atomic E-state index is -4.78. The molecule has 3 N–H and O–H groups in total. The Morgan fingerprint density at radius 2 is 0.595 bits per heavy atom. The lowest BCUT2D eigenvalue weighted by Gasteiger charge is -2.23. The Kier molecular flexibility index (Phi) is 21.4. The molecule has 3 heterocycles. The van der Waals surface area contributed by atoms with Crippen molar-refractivity contribution in [3.63, 3.8) is 0 Å². The van der Waals surface area contributed by atoms with Gasteiger partial charge in [0, 0.05) is 34.8 Å². The summed E-state index contributed by atoms with van der Waals surface area (Å²) in [5.41, 5.74) is 0.724. The lowest BCUT2D eigenvalue weighted by Crippen LogP contribution is -2.33. The van der Waals surface area contributed by atoms with Gasteiger partial charge in [0.2, 0.25) is 18.3 Å².